The number of hydrogen-bond acceptors (Lipinski definition) is 7. The molecule has 4 aromatic rings. The maximum absolute atomic E-state index is 13.7. The summed E-state index contributed by atoms with van der Waals surface area (Å²) in [5.74, 6) is 0.838. The summed E-state index contributed by atoms with van der Waals surface area (Å²) < 4.78 is 4.10. The molecule has 0 radical (unpaired) electrons. The molecule has 9 nitrogen and oxygen atoms in total. The number of hydrogen-bond donors (Lipinski definition) is 2. The molecule has 2 N–H and O–H groups in total. The molecular weight excluding hydrogens is 448 g/mol. The number of rotatable bonds is 6. The molecule has 34 heavy (non-hydrogen) atoms. The first-order chi connectivity index (χ1) is 16.6. The molecule has 3 aliphatic rings. The Labute approximate surface area is 201 Å². The molecule has 0 bridgehead atoms. The number of thiazole rings is 1. The number of aryl methyl sites for hydroxylation is 2. The van der Waals surface area contributed by atoms with E-state index in [4.69, 9.17) is 9.97 Å². The van der Waals surface area contributed by atoms with Crippen molar-refractivity contribution in [3.8, 4) is 0 Å². The summed E-state index contributed by atoms with van der Waals surface area (Å²) in [6.45, 7) is 4.59. The van der Waals surface area contributed by atoms with Crippen LogP contribution >= 0.6 is 11.3 Å². The Morgan fingerprint density at radius 1 is 1.26 bits per heavy atom. The van der Waals surface area contributed by atoms with E-state index in [1.807, 2.05) is 24.0 Å². The van der Waals surface area contributed by atoms with E-state index in [0.29, 0.717) is 24.4 Å². The number of aromatic nitrogens is 5. The molecule has 2 aliphatic carbocycles. The van der Waals surface area contributed by atoms with Gasteiger partial charge in [0.2, 0.25) is 0 Å². The lowest BCUT2D eigenvalue weighted by molar-refractivity contribution is 0.0719. The van der Waals surface area contributed by atoms with Crippen molar-refractivity contribution in [1.29, 1.82) is 0 Å². The minimum Gasteiger partial charge on any atom is -0.333 e. The van der Waals surface area contributed by atoms with Gasteiger partial charge in [-0.2, -0.15) is 0 Å². The molecule has 176 valence electrons. The van der Waals surface area contributed by atoms with Crippen LogP contribution in [0.5, 0.6) is 0 Å². The van der Waals surface area contributed by atoms with Crippen molar-refractivity contribution in [2.75, 3.05) is 11.9 Å². The molecule has 0 aromatic carbocycles. The third kappa shape index (κ3) is 3.15. The van der Waals surface area contributed by atoms with E-state index in [1.165, 1.54) is 4.88 Å². The molecular formula is C24H28N8OS. The standard InChI is InChI=1S/C24H28N8OS/c1-3-31-17(23(33)32(13-4-5-13)14-6-7-14)10-15-20-19(26-12-30(20)2)21(28-22(15)31)29-24-27-16-8-9-25-11-18(16)34-24/h10,12-14,25H,3-9,11H2,1-2H3,(H,27,28,29). The molecule has 1 amide bonds. The molecule has 4 aromatic heterocycles. The maximum Gasteiger partial charge on any atom is 0.271 e. The maximum atomic E-state index is 13.7. The number of amides is 1. The summed E-state index contributed by atoms with van der Waals surface area (Å²) in [5, 5.41) is 8.68. The predicted molar refractivity (Wildman–Crippen MR) is 133 cm³/mol. The summed E-state index contributed by atoms with van der Waals surface area (Å²) in [6, 6.07) is 2.86. The second-order valence-electron chi connectivity index (χ2n) is 9.64. The number of imidazole rings is 1. The van der Waals surface area contributed by atoms with Gasteiger partial charge in [0.15, 0.2) is 10.9 Å². The lowest BCUT2D eigenvalue weighted by Crippen LogP contribution is -2.36. The Bertz CT molecular complexity index is 1410. The smallest absolute Gasteiger partial charge is 0.271 e. The van der Waals surface area contributed by atoms with E-state index < -0.39 is 0 Å². The Balaban J connectivity index is 1.36. The zero-order valence-electron chi connectivity index (χ0n) is 19.5. The second-order valence-corrected chi connectivity index (χ2v) is 10.7. The number of anilines is 2. The van der Waals surface area contributed by atoms with Crippen LogP contribution in [0.4, 0.5) is 10.9 Å². The lowest BCUT2D eigenvalue weighted by Gasteiger charge is -2.22. The van der Waals surface area contributed by atoms with E-state index in [-0.39, 0.29) is 5.91 Å². The fourth-order valence-corrected chi connectivity index (χ4v) is 6.22. The highest BCUT2D eigenvalue weighted by Gasteiger charge is 2.43. The number of fused-ring (bicyclic) bond motifs is 4. The molecule has 0 unspecified atom stereocenters. The second kappa shape index (κ2) is 7.51. The number of carbonyl (C=O) groups excluding carboxylic acids is 1. The van der Waals surface area contributed by atoms with Crippen LogP contribution in [0, 0.1) is 0 Å². The van der Waals surface area contributed by atoms with Gasteiger partial charge in [0, 0.05) is 55.4 Å². The first-order valence-electron chi connectivity index (χ1n) is 12.3. The lowest BCUT2D eigenvalue weighted by atomic mass is 10.2. The van der Waals surface area contributed by atoms with Crippen LogP contribution < -0.4 is 10.6 Å². The van der Waals surface area contributed by atoms with Crippen LogP contribution in [0.2, 0.25) is 0 Å². The highest BCUT2D eigenvalue weighted by Crippen LogP contribution is 2.40. The molecule has 2 fully saturated rings. The highest BCUT2D eigenvalue weighted by molar-refractivity contribution is 7.15. The number of nitrogens with zero attached hydrogens (tertiary/aromatic N) is 6. The molecule has 0 atom stereocenters. The third-order valence-electron chi connectivity index (χ3n) is 7.18. The number of nitrogens with one attached hydrogen (secondary N) is 2. The van der Waals surface area contributed by atoms with Crippen LogP contribution in [-0.2, 0) is 26.6 Å². The van der Waals surface area contributed by atoms with Crippen LogP contribution in [0.25, 0.3) is 22.1 Å². The van der Waals surface area contributed by atoms with Crippen molar-refractivity contribution in [2.45, 2.75) is 64.2 Å². The Morgan fingerprint density at radius 3 is 2.76 bits per heavy atom. The molecule has 0 spiro atoms. The Morgan fingerprint density at radius 2 is 2.06 bits per heavy atom. The SMILES string of the molecule is CCn1c(C(=O)N(C2CC2)C2CC2)cc2c3c(ncn3C)c(Nc3nc4c(s3)CNCC4)nc21. The first-order valence-corrected chi connectivity index (χ1v) is 13.1. The van der Waals surface area contributed by atoms with E-state index in [2.05, 4.69) is 32.0 Å². The normalized spacial score (nSPS) is 17.9. The number of pyridine rings is 1. The Hall–Kier alpha value is -2.98. The third-order valence-corrected chi connectivity index (χ3v) is 8.19. The van der Waals surface area contributed by atoms with Crippen LogP contribution in [0.3, 0.4) is 0 Å². The summed E-state index contributed by atoms with van der Waals surface area (Å²) in [7, 11) is 2.00. The molecule has 1 aliphatic heterocycles. The minimum atomic E-state index is 0.148. The van der Waals surface area contributed by atoms with Crippen LogP contribution in [0.1, 0.15) is 53.7 Å². The van der Waals surface area contributed by atoms with Gasteiger partial charge in [-0.05, 0) is 38.7 Å². The van der Waals surface area contributed by atoms with E-state index in [1.54, 1.807) is 11.3 Å². The summed E-state index contributed by atoms with van der Waals surface area (Å²) >= 11 is 1.67. The van der Waals surface area contributed by atoms with Gasteiger partial charge in [0.25, 0.3) is 5.91 Å². The largest absolute Gasteiger partial charge is 0.333 e. The summed E-state index contributed by atoms with van der Waals surface area (Å²) in [6.07, 6.45) is 7.27. The van der Waals surface area contributed by atoms with Gasteiger partial charge in [-0.25, -0.2) is 15.0 Å². The van der Waals surface area contributed by atoms with Gasteiger partial charge in [0.1, 0.15) is 16.9 Å². The molecule has 7 rings (SSSR count). The van der Waals surface area contributed by atoms with Gasteiger partial charge in [-0.1, -0.05) is 0 Å². The van der Waals surface area contributed by atoms with Crippen molar-refractivity contribution in [3.63, 3.8) is 0 Å². The van der Waals surface area contributed by atoms with Gasteiger partial charge >= 0.3 is 0 Å². The van der Waals surface area contributed by atoms with Crippen molar-refractivity contribution in [1.82, 2.24) is 34.3 Å². The van der Waals surface area contributed by atoms with E-state index in [9.17, 15) is 4.79 Å². The van der Waals surface area contributed by atoms with Crippen molar-refractivity contribution in [2.24, 2.45) is 7.05 Å². The molecule has 5 heterocycles. The summed E-state index contributed by atoms with van der Waals surface area (Å²) in [4.78, 5) is 31.7. The zero-order valence-corrected chi connectivity index (χ0v) is 20.3. The Kier molecular flexibility index (Phi) is 4.51. The van der Waals surface area contributed by atoms with Crippen molar-refractivity contribution in [3.05, 3.63) is 28.7 Å². The zero-order chi connectivity index (χ0) is 23.0. The average molecular weight is 477 g/mol. The fraction of sp³-hybridized carbons (Fsp3) is 0.500. The van der Waals surface area contributed by atoms with Gasteiger partial charge in [0.05, 0.1) is 17.5 Å². The molecule has 0 saturated heterocycles. The average Bonchev–Trinajstić information content (AvgIpc) is 3.74. The predicted octanol–water partition coefficient (Wildman–Crippen LogP) is 3.56. The van der Waals surface area contributed by atoms with Crippen molar-refractivity contribution >= 4 is 50.3 Å². The van der Waals surface area contributed by atoms with E-state index in [0.717, 1.165) is 83.8 Å². The van der Waals surface area contributed by atoms with Crippen LogP contribution in [0.15, 0.2) is 12.4 Å². The summed E-state index contributed by atoms with van der Waals surface area (Å²) in [5.41, 5.74) is 4.50. The molecule has 10 heteroatoms. The topological polar surface area (TPSA) is 92.9 Å². The van der Waals surface area contributed by atoms with Gasteiger partial charge in [-0.3, -0.25) is 4.79 Å². The first kappa shape index (κ1) is 20.4. The number of carbonyl (C=O) groups is 1. The van der Waals surface area contributed by atoms with Crippen LogP contribution in [-0.4, -0.2) is 53.5 Å². The highest BCUT2D eigenvalue weighted by atomic mass is 32.1. The van der Waals surface area contributed by atoms with Gasteiger partial charge in [-0.15, -0.1) is 11.3 Å². The van der Waals surface area contributed by atoms with E-state index >= 15 is 0 Å². The van der Waals surface area contributed by atoms with Crippen molar-refractivity contribution < 1.29 is 4.79 Å². The molecule has 2 saturated carbocycles. The fourth-order valence-electron chi connectivity index (χ4n) is 5.25. The van der Waals surface area contributed by atoms with Gasteiger partial charge < -0.3 is 24.7 Å². The quantitative estimate of drug-likeness (QED) is 0.442. The minimum absolute atomic E-state index is 0.148. The monoisotopic (exact) mass is 476 g/mol.